The van der Waals surface area contributed by atoms with Gasteiger partial charge in [0.1, 0.15) is 0 Å². The first-order valence-corrected chi connectivity index (χ1v) is 7.37. The van der Waals surface area contributed by atoms with Gasteiger partial charge in [-0.2, -0.15) is 0 Å². The zero-order valence-corrected chi connectivity index (χ0v) is 11.9. The van der Waals surface area contributed by atoms with Crippen LogP contribution in [0.1, 0.15) is 39.5 Å². The van der Waals surface area contributed by atoms with Crippen LogP contribution in [0.15, 0.2) is 0 Å². The number of rotatable bonds is 2. The van der Waals surface area contributed by atoms with Gasteiger partial charge in [-0.1, -0.05) is 6.92 Å². The second kappa shape index (κ2) is 6.37. The lowest BCUT2D eigenvalue weighted by Gasteiger charge is -2.38. The number of nitrogens with zero attached hydrogens (tertiary/aromatic N) is 1. The summed E-state index contributed by atoms with van der Waals surface area (Å²) >= 11 is 0. The highest BCUT2D eigenvalue weighted by molar-refractivity contribution is 5.82. The molecule has 0 aliphatic carbocycles. The third-order valence-corrected chi connectivity index (χ3v) is 4.18. The molecule has 2 rings (SSSR count). The van der Waals surface area contributed by atoms with Gasteiger partial charge in [0.05, 0.1) is 6.04 Å². The third kappa shape index (κ3) is 3.69. The van der Waals surface area contributed by atoms with Crippen molar-refractivity contribution in [2.75, 3.05) is 19.6 Å². The van der Waals surface area contributed by atoms with Crippen LogP contribution in [-0.2, 0) is 9.59 Å². The molecular weight excluding hydrogens is 242 g/mol. The van der Waals surface area contributed by atoms with Crippen molar-refractivity contribution in [3.63, 3.8) is 0 Å². The van der Waals surface area contributed by atoms with Gasteiger partial charge in [-0.3, -0.25) is 9.59 Å². The second-order valence-corrected chi connectivity index (χ2v) is 5.88. The van der Waals surface area contributed by atoms with Crippen LogP contribution in [0.25, 0.3) is 0 Å². The lowest BCUT2D eigenvalue weighted by atomic mass is 9.91. The summed E-state index contributed by atoms with van der Waals surface area (Å²) < 4.78 is 0. The number of carbonyl (C=O) groups excluding carboxylic acids is 2. The SMILES string of the molecule is CC(=O)NC1CCCN(C(=O)C2NCCCC2C)C1. The summed E-state index contributed by atoms with van der Waals surface area (Å²) in [6.07, 6.45) is 4.21. The molecular formula is C14H25N3O2. The topological polar surface area (TPSA) is 61.4 Å². The molecule has 5 heteroatoms. The molecule has 0 aromatic heterocycles. The first-order chi connectivity index (χ1) is 9.08. The van der Waals surface area contributed by atoms with Crippen molar-refractivity contribution in [3.05, 3.63) is 0 Å². The Balaban J connectivity index is 1.92. The quantitative estimate of drug-likeness (QED) is 0.766. The van der Waals surface area contributed by atoms with Crippen molar-refractivity contribution in [2.45, 2.75) is 51.6 Å². The van der Waals surface area contributed by atoms with Gasteiger partial charge in [0.15, 0.2) is 0 Å². The first kappa shape index (κ1) is 14.3. The van der Waals surface area contributed by atoms with Crippen molar-refractivity contribution in [2.24, 2.45) is 5.92 Å². The molecule has 108 valence electrons. The smallest absolute Gasteiger partial charge is 0.240 e. The highest BCUT2D eigenvalue weighted by Crippen LogP contribution is 2.19. The Morgan fingerprint density at radius 3 is 2.74 bits per heavy atom. The summed E-state index contributed by atoms with van der Waals surface area (Å²) in [6, 6.07) is 0.0823. The van der Waals surface area contributed by atoms with E-state index < -0.39 is 0 Å². The molecule has 2 amide bonds. The van der Waals surface area contributed by atoms with Crippen molar-refractivity contribution in [1.82, 2.24) is 15.5 Å². The summed E-state index contributed by atoms with van der Waals surface area (Å²) in [7, 11) is 0. The van der Waals surface area contributed by atoms with Gasteiger partial charge in [0.25, 0.3) is 0 Å². The predicted octanol–water partition coefficient (Wildman–Crippen LogP) is 0.502. The molecule has 0 aromatic rings. The number of hydrogen-bond donors (Lipinski definition) is 2. The zero-order chi connectivity index (χ0) is 13.8. The number of amides is 2. The van der Waals surface area contributed by atoms with Crippen molar-refractivity contribution >= 4 is 11.8 Å². The average molecular weight is 267 g/mol. The van der Waals surface area contributed by atoms with Gasteiger partial charge in [-0.25, -0.2) is 0 Å². The fourth-order valence-electron chi connectivity index (χ4n) is 3.16. The van der Waals surface area contributed by atoms with Crippen LogP contribution < -0.4 is 10.6 Å². The number of piperidine rings is 2. The van der Waals surface area contributed by atoms with Crippen LogP contribution in [0, 0.1) is 5.92 Å². The van der Waals surface area contributed by atoms with Gasteiger partial charge >= 0.3 is 0 Å². The lowest BCUT2D eigenvalue weighted by molar-refractivity contribution is -0.137. The second-order valence-electron chi connectivity index (χ2n) is 5.88. The maximum Gasteiger partial charge on any atom is 0.240 e. The van der Waals surface area contributed by atoms with Crippen LogP contribution in [0.4, 0.5) is 0 Å². The number of nitrogens with one attached hydrogen (secondary N) is 2. The van der Waals surface area contributed by atoms with Gasteiger partial charge in [-0.05, 0) is 38.1 Å². The Bertz CT molecular complexity index is 346. The molecule has 2 N–H and O–H groups in total. The van der Waals surface area contributed by atoms with E-state index in [1.165, 1.54) is 6.92 Å². The normalized spacial score (nSPS) is 31.9. The van der Waals surface area contributed by atoms with E-state index in [4.69, 9.17) is 0 Å². The molecule has 0 aromatic carbocycles. The van der Waals surface area contributed by atoms with E-state index in [0.29, 0.717) is 12.5 Å². The van der Waals surface area contributed by atoms with E-state index >= 15 is 0 Å². The Labute approximate surface area is 115 Å². The molecule has 2 fully saturated rings. The molecule has 2 aliphatic heterocycles. The van der Waals surface area contributed by atoms with Crippen LogP contribution >= 0.6 is 0 Å². The maximum absolute atomic E-state index is 12.5. The molecule has 19 heavy (non-hydrogen) atoms. The van der Waals surface area contributed by atoms with Crippen LogP contribution in [0.3, 0.4) is 0 Å². The summed E-state index contributed by atoms with van der Waals surface area (Å²) in [5.74, 6) is 0.605. The van der Waals surface area contributed by atoms with Crippen molar-refractivity contribution < 1.29 is 9.59 Å². The van der Waals surface area contributed by atoms with Crippen molar-refractivity contribution in [3.8, 4) is 0 Å². The van der Waals surface area contributed by atoms with Gasteiger partial charge in [-0.15, -0.1) is 0 Å². The zero-order valence-electron chi connectivity index (χ0n) is 11.9. The highest BCUT2D eigenvalue weighted by Gasteiger charge is 2.33. The van der Waals surface area contributed by atoms with E-state index in [0.717, 1.165) is 38.8 Å². The first-order valence-electron chi connectivity index (χ1n) is 7.37. The maximum atomic E-state index is 12.5. The molecule has 0 radical (unpaired) electrons. The largest absolute Gasteiger partial charge is 0.352 e. The molecule has 3 unspecified atom stereocenters. The minimum atomic E-state index is -0.0372. The summed E-state index contributed by atoms with van der Waals surface area (Å²) in [4.78, 5) is 25.6. The van der Waals surface area contributed by atoms with Crippen molar-refractivity contribution in [1.29, 1.82) is 0 Å². The van der Waals surface area contributed by atoms with E-state index in [1.54, 1.807) is 0 Å². The Hall–Kier alpha value is -1.10. The summed E-state index contributed by atoms with van der Waals surface area (Å²) in [5, 5.41) is 6.27. The Morgan fingerprint density at radius 1 is 1.26 bits per heavy atom. The molecule has 3 atom stereocenters. The van der Waals surface area contributed by atoms with Gasteiger partial charge in [0.2, 0.25) is 11.8 Å². The van der Waals surface area contributed by atoms with E-state index in [-0.39, 0.29) is 23.9 Å². The fourth-order valence-corrected chi connectivity index (χ4v) is 3.16. The van der Waals surface area contributed by atoms with Gasteiger partial charge in [0, 0.05) is 26.1 Å². The average Bonchev–Trinajstić information content (AvgIpc) is 2.38. The highest BCUT2D eigenvalue weighted by atomic mass is 16.2. The van der Waals surface area contributed by atoms with E-state index in [1.807, 2.05) is 4.90 Å². The molecule has 0 bridgehead atoms. The third-order valence-electron chi connectivity index (χ3n) is 4.18. The van der Waals surface area contributed by atoms with Crippen LogP contribution in [0.5, 0.6) is 0 Å². The molecule has 5 nitrogen and oxygen atoms in total. The van der Waals surface area contributed by atoms with Gasteiger partial charge < -0.3 is 15.5 Å². The standard InChI is InChI=1S/C14H25N3O2/c1-10-5-3-7-15-13(10)14(19)17-8-4-6-12(9-17)16-11(2)18/h10,12-13,15H,3-9H2,1-2H3,(H,16,18). The van der Waals surface area contributed by atoms with Crippen LogP contribution in [-0.4, -0.2) is 48.4 Å². The van der Waals surface area contributed by atoms with E-state index in [2.05, 4.69) is 17.6 Å². The predicted molar refractivity (Wildman–Crippen MR) is 73.6 cm³/mol. The summed E-state index contributed by atoms with van der Waals surface area (Å²) in [5.41, 5.74) is 0. The Morgan fingerprint density at radius 2 is 2.05 bits per heavy atom. The monoisotopic (exact) mass is 267 g/mol. The molecule has 2 heterocycles. The van der Waals surface area contributed by atoms with E-state index in [9.17, 15) is 9.59 Å². The lowest BCUT2D eigenvalue weighted by Crippen LogP contribution is -2.56. The number of hydrogen-bond acceptors (Lipinski definition) is 3. The molecule has 0 saturated carbocycles. The Kier molecular flexibility index (Phi) is 4.80. The molecule has 2 saturated heterocycles. The number of carbonyl (C=O) groups is 2. The number of likely N-dealkylation sites (tertiary alicyclic amines) is 1. The fraction of sp³-hybridized carbons (Fsp3) is 0.857. The molecule has 2 aliphatic rings. The minimum Gasteiger partial charge on any atom is -0.352 e. The summed E-state index contributed by atoms with van der Waals surface area (Å²) in [6.45, 7) is 6.09. The minimum absolute atomic E-state index is 0.0107. The molecule has 0 spiro atoms. The van der Waals surface area contributed by atoms with Crippen LogP contribution in [0.2, 0.25) is 0 Å².